The summed E-state index contributed by atoms with van der Waals surface area (Å²) in [4.78, 5) is 13.7. The Morgan fingerprint density at radius 2 is 1.92 bits per heavy atom. The van der Waals surface area contributed by atoms with E-state index in [0.717, 1.165) is 0 Å². The van der Waals surface area contributed by atoms with E-state index in [1.165, 1.54) is 25.7 Å². The van der Waals surface area contributed by atoms with Crippen LogP contribution in [0.3, 0.4) is 0 Å². The molecule has 0 aromatic carbocycles. The Morgan fingerprint density at radius 3 is 2.38 bits per heavy atom. The fourth-order valence-corrected chi connectivity index (χ4v) is 2.14. The fourth-order valence-electron chi connectivity index (χ4n) is 2.14. The maximum absolute atomic E-state index is 11.8. The van der Waals surface area contributed by atoms with Gasteiger partial charge in [0.15, 0.2) is 0 Å². The summed E-state index contributed by atoms with van der Waals surface area (Å²) in [5.74, 6) is 0.448. The van der Waals surface area contributed by atoms with Crippen molar-refractivity contribution in [2.75, 3.05) is 20.3 Å². The Hall–Kier alpha value is -0.570. The summed E-state index contributed by atoms with van der Waals surface area (Å²) in [5, 5.41) is 0. The predicted molar refractivity (Wildman–Crippen MR) is 49.3 cm³/mol. The molecule has 1 saturated heterocycles. The van der Waals surface area contributed by atoms with E-state index in [4.69, 9.17) is 4.74 Å². The van der Waals surface area contributed by atoms with Crippen molar-refractivity contribution in [3.8, 4) is 0 Å². The van der Waals surface area contributed by atoms with Gasteiger partial charge in [0.05, 0.1) is 19.1 Å². The predicted octanol–water partition coefficient (Wildman–Crippen LogP) is 1.03. The lowest BCUT2D eigenvalue weighted by atomic mass is 10.1. The molecule has 0 aromatic heterocycles. The molecule has 0 radical (unpaired) electrons. The van der Waals surface area contributed by atoms with E-state index in [9.17, 15) is 4.79 Å². The second kappa shape index (κ2) is 3.66. The Kier molecular flexibility index (Phi) is 2.54. The monoisotopic (exact) mass is 183 g/mol. The summed E-state index contributed by atoms with van der Waals surface area (Å²) < 4.78 is 5.02. The molecule has 1 amide bonds. The first-order chi connectivity index (χ1) is 6.29. The Labute approximate surface area is 79.0 Å². The van der Waals surface area contributed by atoms with E-state index < -0.39 is 0 Å². The summed E-state index contributed by atoms with van der Waals surface area (Å²) in [5.41, 5.74) is 0. The van der Waals surface area contributed by atoms with Gasteiger partial charge < -0.3 is 9.64 Å². The first-order valence-electron chi connectivity index (χ1n) is 5.13. The highest BCUT2D eigenvalue weighted by atomic mass is 16.5. The van der Waals surface area contributed by atoms with E-state index in [1.54, 1.807) is 0 Å². The van der Waals surface area contributed by atoms with E-state index in [2.05, 4.69) is 0 Å². The van der Waals surface area contributed by atoms with Gasteiger partial charge in [0.25, 0.3) is 0 Å². The summed E-state index contributed by atoms with van der Waals surface area (Å²) in [6.07, 6.45) is 4.94. The third-order valence-electron chi connectivity index (χ3n) is 3.21. The Morgan fingerprint density at radius 1 is 1.31 bits per heavy atom. The first kappa shape index (κ1) is 9.00. The molecule has 1 aliphatic heterocycles. The lowest BCUT2D eigenvalue weighted by Gasteiger charge is -2.32. The number of nitrogens with zero attached hydrogens (tertiary/aromatic N) is 1. The Balaban J connectivity index is 1.87. The zero-order chi connectivity index (χ0) is 9.26. The van der Waals surface area contributed by atoms with Crippen molar-refractivity contribution in [3.63, 3.8) is 0 Å². The van der Waals surface area contributed by atoms with Crippen LogP contribution in [-0.4, -0.2) is 37.1 Å². The van der Waals surface area contributed by atoms with Crippen molar-refractivity contribution in [1.29, 1.82) is 0 Å². The standard InChI is InChI=1S/C10H17NO2/c1-11(9-4-2-3-5-9)10(12)8-6-13-7-8/h8-9H,2-7H2,1H3. The quantitative estimate of drug-likeness (QED) is 0.640. The number of rotatable bonds is 2. The van der Waals surface area contributed by atoms with Crippen LogP contribution in [0, 0.1) is 5.92 Å². The molecule has 2 rings (SSSR count). The minimum Gasteiger partial charge on any atom is -0.380 e. The van der Waals surface area contributed by atoms with Crippen molar-refractivity contribution in [3.05, 3.63) is 0 Å². The molecule has 3 nitrogen and oxygen atoms in total. The lowest BCUT2D eigenvalue weighted by Crippen LogP contribution is -2.46. The highest BCUT2D eigenvalue weighted by Gasteiger charge is 2.32. The summed E-state index contributed by atoms with van der Waals surface area (Å²) in [6.45, 7) is 1.27. The number of hydrogen-bond donors (Lipinski definition) is 0. The molecule has 3 heteroatoms. The summed E-state index contributed by atoms with van der Waals surface area (Å²) in [6, 6.07) is 0.507. The molecule has 2 fully saturated rings. The first-order valence-corrected chi connectivity index (χ1v) is 5.13. The molecular formula is C10H17NO2. The van der Waals surface area contributed by atoms with Crippen LogP contribution in [0.4, 0.5) is 0 Å². The zero-order valence-electron chi connectivity index (χ0n) is 8.16. The van der Waals surface area contributed by atoms with E-state index >= 15 is 0 Å². The van der Waals surface area contributed by atoms with Crippen LogP contribution in [-0.2, 0) is 9.53 Å². The zero-order valence-corrected chi connectivity index (χ0v) is 8.16. The van der Waals surface area contributed by atoms with Gasteiger partial charge in [-0.1, -0.05) is 12.8 Å². The highest BCUT2D eigenvalue weighted by molar-refractivity contribution is 5.79. The van der Waals surface area contributed by atoms with Crippen molar-refractivity contribution < 1.29 is 9.53 Å². The van der Waals surface area contributed by atoms with Gasteiger partial charge in [-0.3, -0.25) is 4.79 Å². The van der Waals surface area contributed by atoms with Crippen molar-refractivity contribution >= 4 is 5.91 Å². The molecule has 0 bridgehead atoms. The van der Waals surface area contributed by atoms with Crippen LogP contribution < -0.4 is 0 Å². The fraction of sp³-hybridized carbons (Fsp3) is 0.900. The SMILES string of the molecule is CN(C(=O)C1COC1)C1CCCC1. The molecule has 0 atom stereocenters. The number of carbonyl (C=O) groups is 1. The van der Waals surface area contributed by atoms with Gasteiger partial charge in [-0.05, 0) is 12.8 Å². The molecular weight excluding hydrogens is 166 g/mol. The average Bonchev–Trinajstić information content (AvgIpc) is 2.51. The van der Waals surface area contributed by atoms with Crippen molar-refractivity contribution in [2.24, 2.45) is 5.92 Å². The minimum atomic E-state index is 0.158. The number of hydrogen-bond acceptors (Lipinski definition) is 2. The number of carbonyl (C=O) groups excluding carboxylic acids is 1. The molecule has 74 valence electrons. The topological polar surface area (TPSA) is 29.5 Å². The largest absolute Gasteiger partial charge is 0.380 e. The van der Waals surface area contributed by atoms with Crippen LogP contribution in [0.5, 0.6) is 0 Å². The van der Waals surface area contributed by atoms with E-state index in [0.29, 0.717) is 19.3 Å². The van der Waals surface area contributed by atoms with Crippen LogP contribution >= 0.6 is 0 Å². The van der Waals surface area contributed by atoms with Crippen LogP contribution in [0.2, 0.25) is 0 Å². The normalized spacial score (nSPS) is 24.4. The molecule has 1 aliphatic carbocycles. The van der Waals surface area contributed by atoms with E-state index in [1.807, 2.05) is 11.9 Å². The molecule has 0 aromatic rings. The highest BCUT2D eigenvalue weighted by Crippen LogP contribution is 2.24. The van der Waals surface area contributed by atoms with Crippen molar-refractivity contribution in [1.82, 2.24) is 4.90 Å². The molecule has 1 saturated carbocycles. The van der Waals surface area contributed by atoms with Gasteiger partial charge >= 0.3 is 0 Å². The molecule has 1 heterocycles. The van der Waals surface area contributed by atoms with Gasteiger partial charge in [-0.2, -0.15) is 0 Å². The molecule has 2 aliphatic rings. The Bertz CT molecular complexity index is 195. The summed E-state index contributed by atoms with van der Waals surface area (Å²) in [7, 11) is 1.94. The smallest absolute Gasteiger partial charge is 0.230 e. The average molecular weight is 183 g/mol. The van der Waals surface area contributed by atoms with E-state index in [-0.39, 0.29) is 11.8 Å². The maximum Gasteiger partial charge on any atom is 0.230 e. The third kappa shape index (κ3) is 1.70. The van der Waals surface area contributed by atoms with Crippen molar-refractivity contribution in [2.45, 2.75) is 31.7 Å². The van der Waals surface area contributed by atoms with Gasteiger partial charge in [0.2, 0.25) is 5.91 Å². The molecule has 0 spiro atoms. The molecule has 0 N–H and O–H groups in total. The van der Waals surface area contributed by atoms with Crippen LogP contribution in [0.15, 0.2) is 0 Å². The van der Waals surface area contributed by atoms with Crippen LogP contribution in [0.1, 0.15) is 25.7 Å². The van der Waals surface area contributed by atoms with Crippen LogP contribution in [0.25, 0.3) is 0 Å². The minimum absolute atomic E-state index is 0.158. The second-order valence-corrected chi connectivity index (χ2v) is 4.12. The second-order valence-electron chi connectivity index (χ2n) is 4.12. The van der Waals surface area contributed by atoms with Gasteiger partial charge in [0, 0.05) is 13.1 Å². The molecule has 0 unspecified atom stereocenters. The third-order valence-corrected chi connectivity index (χ3v) is 3.21. The maximum atomic E-state index is 11.8. The number of amides is 1. The molecule has 13 heavy (non-hydrogen) atoms. The van der Waals surface area contributed by atoms with Gasteiger partial charge in [-0.25, -0.2) is 0 Å². The lowest BCUT2D eigenvalue weighted by molar-refractivity contribution is -0.150. The van der Waals surface area contributed by atoms with Gasteiger partial charge in [-0.15, -0.1) is 0 Å². The summed E-state index contributed by atoms with van der Waals surface area (Å²) >= 11 is 0. The van der Waals surface area contributed by atoms with Gasteiger partial charge in [0.1, 0.15) is 0 Å². The number of ether oxygens (including phenoxy) is 1.